The van der Waals surface area contributed by atoms with Crippen molar-refractivity contribution in [2.45, 2.75) is 31.4 Å². The molecule has 1 amide bonds. The normalized spacial score (nSPS) is 19.6. The third-order valence-electron chi connectivity index (χ3n) is 4.56. The first kappa shape index (κ1) is 18.9. The lowest BCUT2D eigenvalue weighted by Crippen LogP contribution is -2.40. The van der Waals surface area contributed by atoms with E-state index in [1.807, 2.05) is 12.1 Å². The molecule has 136 valence electrons. The van der Waals surface area contributed by atoms with Crippen LogP contribution in [0.4, 0.5) is 0 Å². The molecule has 0 bridgehead atoms. The Hall–Kier alpha value is -1.88. The number of likely N-dealkylation sites (tertiary alicyclic amines) is 1. The minimum Gasteiger partial charge on any atom is -0.391 e. The van der Waals surface area contributed by atoms with Gasteiger partial charge in [0.05, 0.1) is 12.1 Å². The number of hydrogen-bond acceptors (Lipinski definition) is 3. The molecule has 2 aromatic carbocycles. The van der Waals surface area contributed by atoms with E-state index in [-0.39, 0.29) is 24.7 Å². The molecule has 3 rings (SSSR count). The van der Waals surface area contributed by atoms with Crippen molar-refractivity contribution >= 4 is 34.9 Å². The maximum absolute atomic E-state index is 12.8. The van der Waals surface area contributed by atoms with Crippen LogP contribution in [0.5, 0.6) is 0 Å². The van der Waals surface area contributed by atoms with Gasteiger partial charge in [-0.3, -0.25) is 9.59 Å². The van der Waals surface area contributed by atoms with Crippen LogP contribution in [-0.4, -0.2) is 40.4 Å². The number of β-amino-alcohol motifs (C(OH)–C–C–N with tert-alkyl or cyclic N) is 1. The number of ketones is 1. The Labute approximate surface area is 162 Å². The van der Waals surface area contributed by atoms with E-state index < -0.39 is 12.1 Å². The van der Waals surface area contributed by atoms with Gasteiger partial charge >= 0.3 is 0 Å². The highest BCUT2D eigenvalue weighted by Crippen LogP contribution is 2.24. The SMILES string of the molecule is O=C(CCc1ccc(Cl)cc1)[C@@H]1C[C@@H](O)CN1C(=O)c1cccc(Cl)c1. The minimum atomic E-state index is -0.692. The van der Waals surface area contributed by atoms with Crippen molar-refractivity contribution in [3.8, 4) is 0 Å². The summed E-state index contributed by atoms with van der Waals surface area (Å²) in [5, 5.41) is 11.1. The maximum atomic E-state index is 12.8. The summed E-state index contributed by atoms with van der Waals surface area (Å²) >= 11 is 11.8. The van der Waals surface area contributed by atoms with Gasteiger partial charge in [0.1, 0.15) is 0 Å². The number of Topliss-reactive ketones (excluding diaryl/α,β-unsaturated/α-hetero) is 1. The molecule has 6 heteroatoms. The number of aliphatic hydroxyl groups excluding tert-OH is 1. The summed E-state index contributed by atoms with van der Waals surface area (Å²) in [5.74, 6) is -0.333. The smallest absolute Gasteiger partial charge is 0.254 e. The van der Waals surface area contributed by atoms with E-state index in [0.29, 0.717) is 28.5 Å². The molecule has 0 saturated carbocycles. The number of carbonyl (C=O) groups is 2. The van der Waals surface area contributed by atoms with Gasteiger partial charge in [-0.2, -0.15) is 0 Å². The summed E-state index contributed by atoms with van der Waals surface area (Å²) in [6.07, 6.45) is 0.453. The monoisotopic (exact) mass is 391 g/mol. The molecular formula is C20H19Cl2NO3. The Morgan fingerprint density at radius 1 is 1.08 bits per heavy atom. The molecule has 2 aromatic rings. The summed E-state index contributed by atoms with van der Waals surface area (Å²) in [6.45, 7) is 0.155. The van der Waals surface area contributed by atoms with E-state index in [0.717, 1.165) is 5.56 Å². The van der Waals surface area contributed by atoms with Gasteiger partial charge in [-0.1, -0.05) is 41.4 Å². The van der Waals surface area contributed by atoms with Gasteiger partial charge in [-0.05, 0) is 42.3 Å². The molecule has 2 atom stereocenters. The average Bonchev–Trinajstić information content (AvgIpc) is 3.02. The van der Waals surface area contributed by atoms with Crippen LogP contribution in [0.25, 0.3) is 0 Å². The van der Waals surface area contributed by atoms with Crippen molar-refractivity contribution < 1.29 is 14.7 Å². The molecule has 0 unspecified atom stereocenters. The number of aliphatic hydroxyl groups is 1. The number of nitrogens with zero attached hydrogens (tertiary/aromatic N) is 1. The van der Waals surface area contributed by atoms with Gasteiger partial charge in [0, 0.05) is 35.0 Å². The second kappa shape index (κ2) is 8.21. The first-order valence-corrected chi connectivity index (χ1v) is 9.21. The third-order valence-corrected chi connectivity index (χ3v) is 5.04. The predicted molar refractivity (Wildman–Crippen MR) is 102 cm³/mol. The third kappa shape index (κ3) is 4.44. The molecule has 1 saturated heterocycles. The zero-order valence-corrected chi connectivity index (χ0v) is 15.6. The van der Waals surface area contributed by atoms with Crippen LogP contribution in [-0.2, 0) is 11.2 Å². The number of benzene rings is 2. The van der Waals surface area contributed by atoms with E-state index in [2.05, 4.69) is 0 Å². The van der Waals surface area contributed by atoms with E-state index in [9.17, 15) is 14.7 Å². The molecule has 1 fully saturated rings. The van der Waals surface area contributed by atoms with E-state index in [1.165, 1.54) is 4.90 Å². The second-order valence-electron chi connectivity index (χ2n) is 6.47. The summed E-state index contributed by atoms with van der Waals surface area (Å²) in [6, 6.07) is 13.3. The molecule has 0 spiro atoms. The van der Waals surface area contributed by atoms with Gasteiger partial charge in [-0.15, -0.1) is 0 Å². The molecule has 1 aliphatic heterocycles. The molecule has 0 radical (unpaired) electrons. The molecule has 26 heavy (non-hydrogen) atoms. The molecule has 4 nitrogen and oxygen atoms in total. The predicted octanol–water partition coefficient (Wildman–Crippen LogP) is 3.77. The average molecular weight is 392 g/mol. The number of amides is 1. The molecule has 1 N–H and O–H groups in total. The highest BCUT2D eigenvalue weighted by Gasteiger charge is 2.38. The Kier molecular flexibility index (Phi) is 5.97. The fourth-order valence-corrected chi connectivity index (χ4v) is 3.53. The van der Waals surface area contributed by atoms with E-state index in [4.69, 9.17) is 23.2 Å². The summed E-state index contributed by atoms with van der Waals surface area (Å²) < 4.78 is 0. The minimum absolute atomic E-state index is 0.0492. The van der Waals surface area contributed by atoms with Gasteiger partial charge in [0.15, 0.2) is 5.78 Å². The molecule has 1 aliphatic rings. The zero-order chi connectivity index (χ0) is 18.7. The summed E-state index contributed by atoms with van der Waals surface area (Å²) in [7, 11) is 0. The van der Waals surface area contributed by atoms with E-state index >= 15 is 0 Å². The van der Waals surface area contributed by atoms with Crippen molar-refractivity contribution in [1.29, 1.82) is 0 Å². The number of halogens is 2. The van der Waals surface area contributed by atoms with Crippen molar-refractivity contribution in [1.82, 2.24) is 4.90 Å². The lowest BCUT2D eigenvalue weighted by Gasteiger charge is -2.23. The molecular weight excluding hydrogens is 373 g/mol. The van der Waals surface area contributed by atoms with Gasteiger partial charge in [0.25, 0.3) is 5.91 Å². The van der Waals surface area contributed by atoms with Gasteiger partial charge < -0.3 is 10.0 Å². The Morgan fingerprint density at radius 3 is 2.50 bits per heavy atom. The number of rotatable bonds is 5. The topological polar surface area (TPSA) is 57.6 Å². The standard InChI is InChI=1S/C20H19Cl2NO3/c21-15-7-4-13(5-8-15)6-9-19(25)18-11-17(24)12-23(18)20(26)14-2-1-3-16(22)10-14/h1-5,7-8,10,17-18,24H,6,9,11-12H2/t17-,18+/m1/s1. The lowest BCUT2D eigenvalue weighted by atomic mass is 10.0. The highest BCUT2D eigenvalue weighted by atomic mass is 35.5. The quantitative estimate of drug-likeness (QED) is 0.843. The molecule has 1 heterocycles. The number of hydrogen-bond donors (Lipinski definition) is 1. The van der Waals surface area contributed by atoms with Crippen molar-refractivity contribution in [2.75, 3.05) is 6.54 Å². The van der Waals surface area contributed by atoms with Crippen molar-refractivity contribution in [3.05, 3.63) is 69.7 Å². The van der Waals surface area contributed by atoms with Crippen LogP contribution < -0.4 is 0 Å². The molecule has 0 aliphatic carbocycles. The van der Waals surface area contributed by atoms with Crippen LogP contribution in [0.3, 0.4) is 0 Å². The van der Waals surface area contributed by atoms with Crippen LogP contribution >= 0.6 is 23.2 Å². The van der Waals surface area contributed by atoms with Crippen LogP contribution in [0.15, 0.2) is 48.5 Å². The van der Waals surface area contributed by atoms with E-state index in [1.54, 1.807) is 36.4 Å². The van der Waals surface area contributed by atoms with Gasteiger partial charge in [0.2, 0.25) is 0 Å². The number of carbonyl (C=O) groups excluding carboxylic acids is 2. The van der Waals surface area contributed by atoms with Crippen LogP contribution in [0.1, 0.15) is 28.8 Å². The second-order valence-corrected chi connectivity index (χ2v) is 7.34. The Balaban J connectivity index is 1.69. The summed E-state index contributed by atoms with van der Waals surface area (Å²) in [5.41, 5.74) is 1.43. The Morgan fingerprint density at radius 2 is 1.81 bits per heavy atom. The Bertz CT molecular complexity index is 807. The fraction of sp³-hybridized carbons (Fsp3) is 0.300. The first-order valence-electron chi connectivity index (χ1n) is 8.46. The lowest BCUT2D eigenvalue weighted by molar-refractivity contribution is -0.122. The zero-order valence-electron chi connectivity index (χ0n) is 14.1. The number of aryl methyl sites for hydroxylation is 1. The fourth-order valence-electron chi connectivity index (χ4n) is 3.22. The maximum Gasteiger partial charge on any atom is 0.254 e. The van der Waals surface area contributed by atoms with Crippen LogP contribution in [0, 0.1) is 0 Å². The van der Waals surface area contributed by atoms with Crippen molar-refractivity contribution in [3.63, 3.8) is 0 Å². The van der Waals surface area contributed by atoms with Crippen molar-refractivity contribution in [2.24, 2.45) is 0 Å². The van der Waals surface area contributed by atoms with Gasteiger partial charge in [-0.25, -0.2) is 0 Å². The summed E-state index contributed by atoms with van der Waals surface area (Å²) in [4.78, 5) is 26.9. The highest BCUT2D eigenvalue weighted by molar-refractivity contribution is 6.31. The largest absolute Gasteiger partial charge is 0.391 e. The van der Waals surface area contributed by atoms with Crippen LogP contribution in [0.2, 0.25) is 10.0 Å². The molecule has 0 aromatic heterocycles. The first-order chi connectivity index (χ1) is 12.4.